The first-order valence-electron chi connectivity index (χ1n) is 12.7. The van der Waals surface area contributed by atoms with E-state index in [9.17, 15) is 4.79 Å². The molecule has 0 aliphatic heterocycles. The fraction of sp³-hybridized carbons (Fsp3) is 0.182. The number of hydrogen-bond donors (Lipinski definition) is 2. The minimum Gasteiger partial charge on any atom is -0.493 e. The van der Waals surface area contributed by atoms with Gasteiger partial charge < -0.3 is 19.8 Å². The van der Waals surface area contributed by atoms with Crippen molar-refractivity contribution < 1.29 is 14.3 Å². The molecule has 0 unspecified atom stereocenters. The zero-order chi connectivity index (χ0) is 27.1. The van der Waals surface area contributed by atoms with E-state index in [1.807, 2.05) is 73.7 Å². The van der Waals surface area contributed by atoms with Crippen molar-refractivity contribution in [1.82, 2.24) is 10.3 Å². The van der Waals surface area contributed by atoms with Crippen LogP contribution in [-0.4, -0.2) is 31.5 Å². The highest BCUT2D eigenvalue weighted by molar-refractivity contribution is 6.23. The Kier molecular flexibility index (Phi) is 8.49. The third kappa shape index (κ3) is 5.57. The van der Waals surface area contributed by atoms with Gasteiger partial charge in [-0.05, 0) is 61.2 Å². The van der Waals surface area contributed by atoms with Gasteiger partial charge in [-0.1, -0.05) is 67.3 Å². The number of nitrogens with one attached hydrogen (secondary N) is 2. The van der Waals surface area contributed by atoms with Gasteiger partial charge >= 0.3 is 0 Å². The molecule has 0 bridgehead atoms. The Morgan fingerprint density at radius 3 is 2.50 bits per heavy atom. The maximum atomic E-state index is 12.6. The van der Waals surface area contributed by atoms with Crippen LogP contribution < -0.4 is 14.8 Å². The number of ether oxygens (including phenoxy) is 2. The molecule has 0 saturated heterocycles. The maximum absolute atomic E-state index is 12.6. The van der Waals surface area contributed by atoms with E-state index in [0.717, 1.165) is 62.5 Å². The van der Waals surface area contributed by atoms with Crippen molar-refractivity contribution in [2.24, 2.45) is 0 Å². The largest absolute Gasteiger partial charge is 0.493 e. The maximum Gasteiger partial charge on any atom is 0.163 e. The summed E-state index contributed by atoms with van der Waals surface area (Å²) in [5.74, 6) is 1.48. The normalized spacial score (nSPS) is 11.6. The Morgan fingerprint density at radius 2 is 1.82 bits per heavy atom. The Bertz CT molecular complexity index is 1510. The standard InChI is InChI=1S/C33H34N2O3/c1-6-7-15-27(23(3)36)32-31(24-12-9-8-10-13-24)28-21-26(17-18-29(28)35-32)22(2)34-20-19-25-14-11-16-30(37-4)33(25)38-5/h6-18,21,34-35H,2,19-20H2,1,3-5H3/b7-6-,27-15+. The SMILES string of the molecule is C=C(NCCc1cccc(OC)c1OC)c1ccc2[nH]c(/C(=C/C=C\C)C(C)=O)c(-c3ccccc3)c2c1. The molecule has 2 N–H and O–H groups in total. The van der Waals surface area contributed by atoms with Gasteiger partial charge in [0, 0.05) is 34.3 Å². The lowest BCUT2D eigenvalue weighted by atomic mass is 9.95. The minimum atomic E-state index is 0.00566. The number of aromatic nitrogens is 1. The van der Waals surface area contributed by atoms with Gasteiger partial charge in [-0.3, -0.25) is 4.79 Å². The number of fused-ring (bicyclic) bond motifs is 1. The number of methoxy groups -OCH3 is 2. The van der Waals surface area contributed by atoms with Crippen LogP contribution in [0.3, 0.4) is 0 Å². The molecule has 0 atom stereocenters. The van der Waals surface area contributed by atoms with Crippen LogP contribution in [0, 0.1) is 0 Å². The Labute approximate surface area is 224 Å². The number of para-hydroxylation sites is 1. The van der Waals surface area contributed by atoms with E-state index < -0.39 is 0 Å². The molecule has 0 amide bonds. The van der Waals surface area contributed by atoms with E-state index in [1.165, 1.54) is 0 Å². The first-order valence-corrected chi connectivity index (χ1v) is 12.7. The number of hydrogen-bond acceptors (Lipinski definition) is 4. The zero-order valence-electron chi connectivity index (χ0n) is 22.4. The Morgan fingerprint density at radius 1 is 1.03 bits per heavy atom. The molecule has 4 rings (SSSR count). The lowest BCUT2D eigenvalue weighted by Crippen LogP contribution is -2.15. The van der Waals surface area contributed by atoms with Crippen LogP contribution >= 0.6 is 0 Å². The topological polar surface area (TPSA) is 63.4 Å². The number of rotatable bonds is 11. The number of benzene rings is 3. The van der Waals surface area contributed by atoms with Crippen molar-refractivity contribution in [2.75, 3.05) is 20.8 Å². The third-order valence-corrected chi connectivity index (χ3v) is 6.53. The predicted molar refractivity (Wildman–Crippen MR) is 157 cm³/mol. The molecular weight excluding hydrogens is 472 g/mol. The van der Waals surface area contributed by atoms with E-state index in [-0.39, 0.29) is 5.78 Å². The van der Waals surface area contributed by atoms with Gasteiger partial charge in [0.05, 0.1) is 19.9 Å². The van der Waals surface area contributed by atoms with Gasteiger partial charge in [-0.2, -0.15) is 0 Å². The molecule has 4 aromatic rings. The molecule has 0 aliphatic rings. The summed E-state index contributed by atoms with van der Waals surface area (Å²) >= 11 is 0. The monoisotopic (exact) mass is 506 g/mol. The number of carbonyl (C=O) groups is 1. The van der Waals surface area contributed by atoms with Crippen molar-refractivity contribution in [3.05, 3.63) is 108 Å². The van der Waals surface area contributed by atoms with Crippen molar-refractivity contribution in [2.45, 2.75) is 20.3 Å². The number of H-pyrrole nitrogens is 1. The second-order valence-corrected chi connectivity index (χ2v) is 8.97. The summed E-state index contributed by atoms with van der Waals surface area (Å²) in [4.78, 5) is 16.2. The van der Waals surface area contributed by atoms with Crippen molar-refractivity contribution >= 4 is 28.0 Å². The summed E-state index contributed by atoms with van der Waals surface area (Å²) in [6, 6.07) is 22.3. The summed E-state index contributed by atoms with van der Waals surface area (Å²) in [5, 5.41) is 4.50. The molecule has 1 heterocycles. The van der Waals surface area contributed by atoms with Gasteiger partial charge in [0.25, 0.3) is 0 Å². The fourth-order valence-electron chi connectivity index (χ4n) is 4.66. The fourth-order valence-corrected chi connectivity index (χ4v) is 4.66. The van der Waals surface area contributed by atoms with E-state index in [1.54, 1.807) is 21.1 Å². The van der Waals surface area contributed by atoms with E-state index in [4.69, 9.17) is 9.47 Å². The van der Waals surface area contributed by atoms with Crippen molar-refractivity contribution in [1.29, 1.82) is 0 Å². The van der Waals surface area contributed by atoms with Gasteiger partial charge in [0.15, 0.2) is 17.3 Å². The van der Waals surface area contributed by atoms with Crippen LogP contribution in [0.15, 0.2) is 91.5 Å². The molecule has 0 aliphatic carbocycles. The van der Waals surface area contributed by atoms with Crippen LogP contribution in [0.1, 0.15) is 30.7 Å². The molecule has 5 heteroatoms. The number of Topliss-reactive ketones (excluding diaryl/α,β-unsaturated/α-hetero) is 1. The molecule has 5 nitrogen and oxygen atoms in total. The van der Waals surface area contributed by atoms with Crippen LogP contribution in [0.4, 0.5) is 0 Å². The first-order chi connectivity index (χ1) is 18.5. The molecule has 1 aromatic heterocycles. The highest BCUT2D eigenvalue weighted by Crippen LogP contribution is 2.37. The highest BCUT2D eigenvalue weighted by Gasteiger charge is 2.19. The summed E-state index contributed by atoms with van der Waals surface area (Å²) in [7, 11) is 3.30. The Hall–Kier alpha value is -4.51. The molecule has 194 valence electrons. The average molecular weight is 507 g/mol. The third-order valence-electron chi connectivity index (χ3n) is 6.53. The zero-order valence-corrected chi connectivity index (χ0v) is 22.4. The van der Waals surface area contributed by atoms with Crippen LogP contribution in [0.5, 0.6) is 11.5 Å². The van der Waals surface area contributed by atoms with Gasteiger partial charge in [-0.15, -0.1) is 0 Å². The molecule has 3 aromatic carbocycles. The van der Waals surface area contributed by atoms with Crippen LogP contribution in [0.2, 0.25) is 0 Å². The molecule has 0 radical (unpaired) electrons. The van der Waals surface area contributed by atoms with Crippen LogP contribution in [-0.2, 0) is 11.2 Å². The van der Waals surface area contributed by atoms with E-state index >= 15 is 0 Å². The van der Waals surface area contributed by atoms with Crippen LogP contribution in [0.25, 0.3) is 33.3 Å². The molecule has 0 fully saturated rings. The Balaban J connectivity index is 1.67. The first kappa shape index (κ1) is 26.6. The summed E-state index contributed by atoms with van der Waals surface area (Å²) in [5.41, 5.74) is 7.34. The van der Waals surface area contributed by atoms with Gasteiger partial charge in [-0.25, -0.2) is 0 Å². The van der Waals surface area contributed by atoms with Gasteiger partial charge in [0.1, 0.15) is 0 Å². The van der Waals surface area contributed by atoms with E-state index in [2.05, 4.69) is 35.1 Å². The van der Waals surface area contributed by atoms with E-state index in [0.29, 0.717) is 12.1 Å². The number of allylic oxidation sites excluding steroid dienone is 4. The number of ketones is 1. The molecule has 38 heavy (non-hydrogen) atoms. The molecule has 0 saturated carbocycles. The summed E-state index contributed by atoms with van der Waals surface area (Å²) in [6.45, 7) is 8.52. The summed E-state index contributed by atoms with van der Waals surface area (Å²) in [6.07, 6.45) is 6.44. The van der Waals surface area contributed by atoms with Crippen molar-refractivity contribution in [3.63, 3.8) is 0 Å². The quantitative estimate of drug-likeness (QED) is 0.167. The average Bonchev–Trinajstić information content (AvgIpc) is 3.31. The van der Waals surface area contributed by atoms with Gasteiger partial charge in [0.2, 0.25) is 0 Å². The predicted octanol–water partition coefficient (Wildman–Crippen LogP) is 7.20. The lowest BCUT2D eigenvalue weighted by molar-refractivity contribution is -0.111. The molecular formula is C33H34N2O3. The number of aromatic amines is 1. The minimum absolute atomic E-state index is 0.00566. The highest BCUT2D eigenvalue weighted by atomic mass is 16.5. The lowest BCUT2D eigenvalue weighted by Gasteiger charge is -2.14. The smallest absolute Gasteiger partial charge is 0.163 e. The summed E-state index contributed by atoms with van der Waals surface area (Å²) < 4.78 is 11.0. The number of carbonyl (C=O) groups excluding carboxylic acids is 1. The second kappa shape index (κ2) is 12.2. The second-order valence-electron chi connectivity index (χ2n) is 8.97. The molecule has 0 spiro atoms. The van der Waals surface area contributed by atoms with Crippen molar-refractivity contribution in [3.8, 4) is 22.6 Å².